The number of halogens is 1. The molecule has 0 amide bonds. The van der Waals surface area contributed by atoms with Crippen LogP contribution in [-0.2, 0) is 13.0 Å². The first-order valence-electron chi connectivity index (χ1n) is 7.55. The van der Waals surface area contributed by atoms with E-state index in [0.29, 0.717) is 18.9 Å². The van der Waals surface area contributed by atoms with E-state index in [2.05, 4.69) is 5.32 Å². The minimum atomic E-state index is -0.298. The molecule has 0 spiro atoms. The van der Waals surface area contributed by atoms with E-state index in [1.807, 2.05) is 18.2 Å². The van der Waals surface area contributed by atoms with Crippen LogP contribution < -0.4 is 19.5 Å². The lowest BCUT2D eigenvalue weighted by Gasteiger charge is -2.27. The summed E-state index contributed by atoms with van der Waals surface area (Å²) in [7, 11) is 3.19. The lowest BCUT2D eigenvalue weighted by Crippen LogP contribution is -2.39. The van der Waals surface area contributed by atoms with Crippen LogP contribution in [0.25, 0.3) is 0 Å². The molecule has 1 aliphatic heterocycles. The maximum absolute atomic E-state index is 13.2. The van der Waals surface area contributed by atoms with Crippen molar-refractivity contribution in [2.45, 2.75) is 19.0 Å². The second-order valence-corrected chi connectivity index (χ2v) is 5.50. The van der Waals surface area contributed by atoms with Crippen LogP contribution in [0.3, 0.4) is 0 Å². The van der Waals surface area contributed by atoms with Gasteiger partial charge in [-0.1, -0.05) is 18.2 Å². The molecule has 0 bridgehead atoms. The van der Waals surface area contributed by atoms with Gasteiger partial charge in [-0.15, -0.1) is 0 Å². The summed E-state index contributed by atoms with van der Waals surface area (Å²) in [4.78, 5) is 0. The molecule has 1 aliphatic rings. The van der Waals surface area contributed by atoms with Crippen molar-refractivity contribution in [3.05, 3.63) is 53.3 Å². The van der Waals surface area contributed by atoms with Crippen molar-refractivity contribution >= 4 is 0 Å². The molecule has 4 nitrogen and oxygen atoms in total. The topological polar surface area (TPSA) is 39.7 Å². The number of rotatable bonds is 5. The maximum Gasteiger partial charge on any atom is 0.164 e. The molecule has 0 aromatic heterocycles. The number of fused-ring (bicyclic) bond motifs is 1. The summed E-state index contributed by atoms with van der Waals surface area (Å²) < 4.78 is 29.6. The van der Waals surface area contributed by atoms with Crippen LogP contribution in [0.15, 0.2) is 36.4 Å². The van der Waals surface area contributed by atoms with Crippen molar-refractivity contribution in [1.82, 2.24) is 5.32 Å². The highest BCUT2D eigenvalue weighted by Crippen LogP contribution is 2.34. The smallest absolute Gasteiger partial charge is 0.164 e. The van der Waals surface area contributed by atoms with Gasteiger partial charge in [0.05, 0.1) is 14.2 Å². The van der Waals surface area contributed by atoms with Crippen LogP contribution in [0.4, 0.5) is 4.39 Å². The fourth-order valence-electron chi connectivity index (χ4n) is 2.80. The number of hydrogen-bond donors (Lipinski definition) is 1. The summed E-state index contributed by atoms with van der Waals surface area (Å²) in [6.45, 7) is 1.16. The average Bonchev–Trinajstić information content (AvgIpc) is 2.59. The van der Waals surface area contributed by atoms with Gasteiger partial charge < -0.3 is 19.5 Å². The highest BCUT2D eigenvalue weighted by molar-refractivity contribution is 5.48. The predicted molar refractivity (Wildman–Crippen MR) is 85.8 cm³/mol. The van der Waals surface area contributed by atoms with Gasteiger partial charge in [0.2, 0.25) is 0 Å². The first-order chi connectivity index (χ1) is 11.2. The zero-order valence-corrected chi connectivity index (χ0v) is 13.3. The highest BCUT2D eigenvalue weighted by Gasteiger charge is 2.22. The summed E-state index contributed by atoms with van der Waals surface area (Å²) in [6, 6.07) is 10.7. The molecule has 5 heteroatoms. The Bertz CT molecular complexity index is 690. The van der Waals surface area contributed by atoms with Crippen LogP contribution >= 0.6 is 0 Å². The number of hydrogen-bond acceptors (Lipinski definition) is 4. The van der Waals surface area contributed by atoms with Crippen molar-refractivity contribution in [3.63, 3.8) is 0 Å². The third kappa shape index (κ3) is 3.40. The normalized spacial score (nSPS) is 16.4. The summed E-state index contributed by atoms with van der Waals surface area (Å²) in [5.74, 6) is 1.84. The molecule has 122 valence electrons. The summed E-state index contributed by atoms with van der Waals surface area (Å²) >= 11 is 0. The quantitative estimate of drug-likeness (QED) is 0.920. The number of benzene rings is 2. The molecule has 1 N–H and O–H groups in total. The van der Waals surface area contributed by atoms with E-state index in [1.54, 1.807) is 20.3 Å². The third-order valence-electron chi connectivity index (χ3n) is 4.01. The van der Waals surface area contributed by atoms with E-state index in [0.717, 1.165) is 29.0 Å². The Morgan fingerprint density at radius 2 is 2.00 bits per heavy atom. The van der Waals surface area contributed by atoms with E-state index in [-0.39, 0.29) is 11.9 Å². The molecule has 0 radical (unpaired) electrons. The van der Waals surface area contributed by atoms with Crippen molar-refractivity contribution in [3.8, 4) is 17.2 Å². The SMILES string of the molecule is COc1cc(F)ccc1CN[C@@H]1COc2c(cccc2OC)C1. The summed E-state index contributed by atoms with van der Waals surface area (Å²) in [5.41, 5.74) is 2.05. The second-order valence-electron chi connectivity index (χ2n) is 5.50. The number of methoxy groups -OCH3 is 2. The third-order valence-corrected chi connectivity index (χ3v) is 4.01. The van der Waals surface area contributed by atoms with Gasteiger partial charge in [-0.3, -0.25) is 0 Å². The molecular weight excluding hydrogens is 297 g/mol. The van der Waals surface area contributed by atoms with Crippen LogP contribution in [0.1, 0.15) is 11.1 Å². The van der Waals surface area contributed by atoms with Crippen molar-refractivity contribution in [2.75, 3.05) is 20.8 Å². The van der Waals surface area contributed by atoms with Gasteiger partial charge in [0.1, 0.15) is 18.2 Å². The minimum absolute atomic E-state index is 0.185. The molecule has 0 unspecified atom stereocenters. The Balaban J connectivity index is 1.66. The molecule has 0 saturated heterocycles. The van der Waals surface area contributed by atoms with Gasteiger partial charge >= 0.3 is 0 Å². The maximum atomic E-state index is 13.2. The van der Waals surface area contributed by atoms with Crippen LogP contribution in [-0.4, -0.2) is 26.9 Å². The van der Waals surface area contributed by atoms with E-state index < -0.39 is 0 Å². The largest absolute Gasteiger partial charge is 0.496 e. The molecule has 2 aromatic rings. The van der Waals surface area contributed by atoms with Crippen molar-refractivity contribution in [2.24, 2.45) is 0 Å². The number of para-hydroxylation sites is 1. The minimum Gasteiger partial charge on any atom is -0.496 e. The van der Waals surface area contributed by atoms with Crippen LogP contribution in [0.5, 0.6) is 17.2 Å². The molecule has 1 heterocycles. The Kier molecular flexibility index (Phi) is 4.67. The Hall–Kier alpha value is -2.27. The zero-order chi connectivity index (χ0) is 16.2. The molecular formula is C18H20FNO3. The van der Waals surface area contributed by atoms with Gasteiger partial charge in [-0.2, -0.15) is 0 Å². The molecule has 3 rings (SSSR count). The van der Waals surface area contributed by atoms with Gasteiger partial charge in [0.15, 0.2) is 11.5 Å². The van der Waals surface area contributed by atoms with E-state index in [9.17, 15) is 4.39 Å². The molecule has 0 aliphatic carbocycles. The molecule has 23 heavy (non-hydrogen) atoms. The van der Waals surface area contributed by atoms with Crippen molar-refractivity contribution in [1.29, 1.82) is 0 Å². The second kappa shape index (κ2) is 6.87. The molecule has 2 aromatic carbocycles. The number of ether oxygens (including phenoxy) is 3. The summed E-state index contributed by atoms with van der Waals surface area (Å²) in [6.07, 6.45) is 0.857. The van der Waals surface area contributed by atoms with Crippen LogP contribution in [0, 0.1) is 5.82 Å². The monoisotopic (exact) mass is 317 g/mol. The predicted octanol–water partition coefficient (Wildman–Crippen LogP) is 2.94. The van der Waals surface area contributed by atoms with Crippen LogP contribution in [0.2, 0.25) is 0 Å². The van der Waals surface area contributed by atoms with Gasteiger partial charge in [0.25, 0.3) is 0 Å². The Morgan fingerprint density at radius 1 is 1.17 bits per heavy atom. The van der Waals surface area contributed by atoms with E-state index >= 15 is 0 Å². The fourth-order valence-corrected chi connectivity index (χ4v) is 2.80. The molecule has 1 atom stereocenters. The van der Waals surface area contributed by atoms with E-state index in [4.69, 9.17) is 14.2 Å². The first kappa shape index (κ1) is 15.6. The zero-order valence-electron chi connectivity index (χ0n) is 13.3. The first-order valence-corrected chi connectivity index (χ1v) is 7.55. The standard InChI is InChI=1S/C18H20FNO3/c1-21-16-5-3-4-12-8-15(11-23-18(12)16)20-10-13-6-7-14(19)9-17(13)22-2/h3-7,9,15,20H,8,10-11H2,1-2H3/t15-/m0/s1. The van der Waals surface area contributed by atoms with Gasteiger partial charge in [-0.25, -0.2) is 4.39 Å². The highest BCUT2D eigenvalue weighted by atomic mass is 19.1. The van der Waals surface area contributed by atoms with Gasteiger partial charge in [-0.05, 0) is 24.1 Å². The van der Waals surface area contributed by atoms with Gasteiger partial charge in [0, 0.05) is 24.2 Å². The lowest BCUT2D eigenvalue weighted by molar-refractivity contribution is 0.226. The summed E-state index contributed by atoms with van der Waals surface area (Å²) in [5, 5.41) is 3.44. The van der Waals surface area contributed by atoms with Crippen molar-refractivity contribution < 1.29 is 18.6 Å². The molecule has 0 fully saturated rings. The Labute approximate surface area is 135 Å². The lowest BCUT2D eigenvalue weighted by atomic mass is 10.0. The average molecular weight is 317 g/mol. The van der Waals surface area contributed by atoms with E-state index in [1.165, 1.54) is 12.1 Å². The molecule has 0 saturated carbocycles. The fraction of sp³-hybridized carbons (Fsp3) is 0.333. The number of nitrogens with one attached hydrogen (secondary N) is 1. The Morgan fingerprint density at radius 3 is 2.78 bits per heavy atom.